The molecular weight excluding hydrogens is 288 g/mol. The number of anilines is 1. The first kappa shape index (κ1) is 16.0. The van der Waals surface area contributed by atoms with E-state index in [1.165, 1.54) is 0 Å². The van der Waals surface area contributed by atoms with E-state index < -0.39 is 12.5 Å². The van der Waals surface area contributed by atoms with E-state index in [9.17, 15) is 14.4 Å². The summed E-state index contributed by atoms with van der Waals surface area (Å²) in [5.74, 6) is -1.62. The summed E-state index contributed by atoms with van der Waals surface area (Å²) in [5, 5.41) is 13.6. The van der Waals surface area contributed by atoms with Crippen molar-refractivity contribution >= 4 is 23.5 Å². The molecule has 1 aromatic carbocycles. The molecule has 7 heteroatoms. The van der Waals surface area contributed by atoms with Crippen LogP contribution in [0.5, 0.6) is 0 Å². The Morgan fingerprint density at radius 2 is 1.95 bits per heavy atom. The zero-order valence-corrected chi connectivity index (χ0v) is 12.0. The van der Waals surface area contributed by atoms with Gasteiger partial charge in [-0.05, 0) is 24.1 Å². The Morgan fingerprint density at radius 3 is 2.55 bits per heavy atom. The Morgan fingerprint density at radius 1 is 1.23 bits per heavy atom. The average Bonchev–Trinajstić information content (AvgIpc) is 3.01. The highest BCUT2D eigenvalue weighted by atomic mass is 16.5. The summed E-state index contributed by atoms with van der Waals surface area (Å²) < 4.78 is 5.17. The van der Waals surface area contributed by atoms with Crippen LogP contribution in [0.1, 0.15) is 12.0 Å². The molecule has 3 N–H and O–H groups in total. The topological polar surface area (TPSA) is 105 Å². The standard InChI is InChI=1S/C15H18N2O5/c18-13(16-8-14(19)20)7-10-1-3-12(4-2-10)17-15(21)11-5-6-22-9-11/h1-4,11H,5-9H2,(H,16,18)(H,17,21)(H,19,20). The third-order valence-corrected chi connectivity index (χ3v) is 3.32. The van der Waals surface area contributed by atoms with Gasteiger partial charge in [0.05, 0.1) is 18.9 Å². The van der Waals surface area contributed by atoms with Gasteiger partial charge in [0.2, 0.25) is 11.8 Å². The number of benzene rings is 1. The smallest absolute Gasteiger partial charge is 0.322 e. The molecule has 2 rings (SSSR count). The molecule has 7 nitrogen and oxygen atoms in total. The molecule has 1 aromatic rings. The van der Waals surface area contributed by atoms with Gasteiger partial charge in [-0.1, -0.05) is 12.1 Å². The number of ether oxygens (including phenoxy) is 1. The zero-order valence-electron chi connectivity index (χ0n) is 12.0. The predicted molar refractivity (Wildman–Crippen MR) is 78.3 cm³/mol. The molecule has 22 heavy (non-hydrogen) atoms. The molecule has 1 saturated heterocycles. The first-order chi connectivity index (χ1) is 10.5. The number of hydrogen-bond donors (Lipinski definition) is 3. The minimum atomic E-state index is -1.08. The largest absolute Gasteiger partial charge is 0.480 e. The molecular formula is C15H18N2O5. The minimum absolute atomic E-state index is 0.0653. The number of nitrogens with one attached hydrogen (secondary N) is 2. The van der Waals surface area contributed by atoms with Gasteiger partial charge in [-0.25, -0.2) is 0 Å². The molecule has 1 aliphatic heterocycles. The average molecular weight is 306 g/mol. The number of carbonyl (C=O) groups excluding carboxylic acids is 2. The van der Waals surface area contributed by atoms with Crippen LogP contribution in [0.15, 0.2) is 24.3 Å². The summed E-state index contributed by atoms with van der Waals surface area (Å²) in [5.41, 5.74) is 1.40. The van der Waals surface area contributed by atoms with E-state index >= 15 is 0 Å². The van der Waals surface area contributed by atoms with Gasteiger partial charge in [0.15, 0.2) is 0 Å². The lowest BCUT2D eigenvalue weighted by atomic mass is 10.1. The van der Waals surface area contributed by atoms with E-state index in [2.05, 4.69) is 10.6 Å². The summed E-state index contributed by atoms with van der Waals surface area (Å²) in [4.78, 5) is 33.8. The van der Waals surface area contributed by atoms with Crippen molar-refractivity contribution in [3.8, 4) is 0 Å². The highest BCUT2D eigenvalue weighted by Gasteiger charge is 2.23. The quantitative estimate of drug-likeness (QED) is 0.706. The molecule has 1 heterocycles. The maximum absolute atomic E-state index is 11.9. The first-order valence-electron chi connectivity index (χ1n) is 7.00. The van der Waals surface area contributed by atoms with E-state index in [4.69, 9.17) is 9.84 Å². The molecule has 0 bridgehead atoms. The van der Waals surface area contributed by atoms with Crippen LogP contribution in [-0.4, -0.2) is 42.6 Å². The second-order valence-corrected chi connectivity index (χ2v) is 5.09. The monoisotopic (exact) mass is 306 g/mol. The Kier molecular flexibility index (Phi) is 5.48. The van der Waals surface area contributed by atoms with E-state index in [1.807, 2.05) is 0 Å². The van der Waals surface area contributed by atoms with Crippen molar-refractivity contribution in [2.75, 3.05) is 25.1 Å². The van der Waals surface area contributed by atoms with Crippen LogP contribution in [-0.2, 0) is 25.5 Å². The fourth-order valence-corrected chi connectivity index (χ4v) is 2.11. The number of carboxylic acids is 1. The van der Waals surface area contributed by atoms with Crippen molar-refractivity contribution in [2.24, 2.45) is 5.92 Å². The highest BCUT2D eigenvalue weighted by molar-refractivity contribution is 5.92. The molecule has 1 aliphatic rings. The third-order valence-electron chi connectivity index (χ3n) is 3.32. The fraction of sp³-hybridized carbons (Fsp3) is 0.400. The summed E-state index contributed by atoms with van der Waals surface area (Å²) in [6.07, 6.45) is 0.825. The van der Waals surface area contributed by atoms with Crippen molar-refractivity contribution in [2.45, 2.75) is 12.8 Å². The van der Waals surface area contributed by atoms with Gasteiger partial charge in [-0.15, -0.1) is 0 Å². The number of hydrogen-bond acceptors (Lipinski definition) is 4. The van der Waals surface area contributed by atoms with Crippen molar-refractivity contribution in [1.29, 1.82) is 0 Å². The van der Waals surface area contributed by atoms with Gasteiger partial charge in [-0.2, -0.15) is 0 Å². The van der Waals surface area contributed by atoms with Crippen molar-refractivity contribution in [3.63, 3.8) is 0 Å². The molecule has 0 spiro atoms. The molecule has 1 fully saturated rings. The zero-order chi connectivity index (χ0) is 15.9. The van der Waals surface area contributed by atoms with Crippen LogP contribution in [0.2, 0.25) is 0 Å². The number of aliphatic carboxylic acids is 1. The van der Waals surface area contributed by atoms with Crippen LogP contribution in [0, 0.1) is 5.92 Å². The Balaban J connectivity index is 1.83. The first-order valence-corrected chi connectivity index (χ1v) is 7.00. The molecule has 0 aliphatic carbocycles. The lowest BCUT2D eigenvalue weighted by Gasteiger charge is -2.10. The van der Waals surface area contributed by atoms with Gasteiger partial charge >= 0.3 is 5.97 Å². The van der Waals surface area contributed by atoms with Crippen LogP contribution in [0.25, 0.3) is 0 Å². The predicted octanol–water partition coefficient (Wildman–Crippen LogP) is 0.405. The third kappa shape index (κ3) is 4.85. The number of amides is 2. The van der Waals surface area contributed by atoms with E-state index in [0.717, 1.165) is 12.0 Å². The van der Waals surface area contributed by atoms with E-state index in [1.54, 1.807) is 24.3 Å². The fourth-order valence-electron chi connectivity index (χ4n) is 2.11. The van der Waals surface area contributed by atoms with Gasteiger partial charge in [0.1, 0.15) is 6.54 Å². The number of carboxylic acid groups (broad SMARTS) is 1. The maximum atomic E-state index is 11.9. The molecule has 1 unspecified atom stereocenters. The Labute approximate surface area is 127 Å². The number of carbonyl (C=O) groups is 3. The molecule has 1 atom stereocenters. The van der Waals surface area contributed by atoms with Crippen molar-refractivity contribution in [3.05, 3.63) is 29.8 Å². The van der Waals surface area contributed by atoms with Crippen LogP contribution >= 0.6 is 0 Å². The maximum Gasteiger partial charge on any atom is 0.322 e. The molecule has 0 saturated carbocycles. The molecule has 2 amide bonds. The lowest BCUT2D eigenvalue weighted by molar-refractivity contribution is -0.137. The van der Waals surface area contributed by atoms with Crippen LogP contribution in [0.3, 0.4) is 0 Å². The van der Waals surface area contributed by atoms with Crippen molar-refractivity contribution < 1.29 is 24.2 Å². The summed E-state index contributed by atoms with van der Waals surface area (Å²) in [7, 11) is 0. The minimum Gasteiger partial charge on any atom is -0.480 e. The van der Waals surface area contributed by atoms with Gasteiger partial charge in [0, 0.05) is 12.3 Å². The molecule has 118 valence electrons. The summed E-state index contributed by atoms with van der Waals surface area (Å²) in [6.45, 7) is 0.673. The second kappa shape index (κ2) is 7.56. The second-order valence-electron chi connectivity index (χ2n) is 5.09. The van der Waals surface area contributed by atoms with Crippen LogP contribution in [0.4, 0.5) is 5.69 Å². The summed E-state index contributed by atoms with van der Waals surface area (Å²) in [6, 6.07) is 6.88. The lowest BCUT2D eigenvalue weighted by Crippen LogP contribution is -2.30. The normalized spacial score (nSPS) is 17.0. The summed E-state index contributed by atoms with van der Waals surface area (Å²) >= 11 is 0. The highest BCUT2D eigenvalue weighted by Crippen LogP contribution is 2.16. The molecule has 0 aromatic heterocycles. The number of rotatable bonds is 6. The SMILES string of the molecule is O=C(O)CNC(=O)Cc1ccc(NC(=O)C2CCOC2)cc1. The van der Waals surface area contributed by atoms with E-state index in [0.29, 0.717) is 18.9 Å². The Hall–Kier alpha value is -2.41. The van der Waals surface area contributed by atoms with Gasteiger partial charge in [-0.3, -0.25) is 14.4 Å². The Bertz CT molecular complexity index is 550. The van der Waals surface area contributed by atoms with Gasteiger partial charge < -0.3 is 20.5 Å². The van der Waals surface area contributed by atoms with Crippen LogP contribution < -0.4 is 10.6 Å². The molecule has 0 radical (unpaired) electrons. The van der Waals surface area contributed by atoms with Gasteiger partial charge in [0.25, 0.3) is 0 Å². The van der Waals surface area contributed by atoms with Crippen molar-refractivity contribution in [1.82, 2.24) is 5.32 Å². The van der Waals surface area contributed by atoms with E-state index in [-0.39, 0.29) is 24.2 Å².